The highest BCUT2D eigenvalue weighted by Gasteiger charge is 2.38. The van der Waals surface area contributed by atoms with E-state index in [0.29, 0.717) is 25.3 Å². The van der Waals surface area contributed by atoms with Crippen LogP contribution in [0.3, 0.4) is 0 Å². The van der Waals surface area contributed by atoms with Crippen molar-refractivity contribution in [1.29, 1.82) is 0 Å². The van der Waals surface area contributed by atoms with Crippen LogP contribution in [0.25, 0.3) is 0 Å². The first-order valence-corrected chi connectivity index (χ1v) is 10.6. The number of pyridine rings is 1. The highest BCUT2D eigenvalue weighted by atomic mass is 32.2. The molecule has 3 aromatic rings. The van der Waals surface area contributed by atoms with Crippen LogP contribution in [-0.2, 0) is 16.6 Å². The molecule has 1 saturated heterocycles. The summed E-state index contributed by atoms with van der Waals surface area (Å²) < 4.78 is 43.4. The number of rotatable bonds is 5. The van der Waals surface area contributed by atoms with E-state index in [2.05, 4.69) is 9.97 Å². The first kappa shape index (κ1) is 18.8. The Balaban J connectivity index is 1.70. The van der Waals surface area contributed by atoms with E-state index in [1.165, 1.54) is 22.5 Å². The van der Waals surface area contributed by atoms with E-state index < -0.39 is 15.8 Å². The van der Waals surface area contributed by atoms with E-state index in [0.717, 1.165) is 23.7 Å². The van der Waals surface area contributed by atoms with Crippen LogP contribution in [0.2, 0.25) is 0 Å². The molecule has 0 aliphatic carbocycles. The number of sulfonamides is 1. The number of imidazole rings is 1. The van der Waals surface area contributed by atoms with Crippen molar-refractivity contribution in [2.45, 2.75) is 37.2 Å². The van der Waals surface area contributed by atoms with Gasteiger partial charge in [-0.1, -0.05) is 6.07 Å². The zero-order chi connectivity index (χ0) is 19.7. The highest BCUT2D eigenvalue weighted by Crippen LogP contribution is 2.36. The lowest BCUT2D eigenvalue weighted by atomic mass is 10.2. The van der Waals surface area contributed by atoms with Gasteiger partial charge in [0.25, 0.3) is 0 Å². The van der Waals surface area contributed by atoms with Gasteiger partial charge >= 0.3 is 0 Å². The first-order chi connectivity index (χ1) is 13.5. The Labute approximate surface area is 163 Å². The minimum Gasteiger partial charge on any atom is -0.327 e. The first-order valence-electron chi connectivity index (χ1n) is 9.15. The maximum atomic E-state index is 13.6. The summed E-state index contributed by atoms with van der Waals surface area (Å²) >= 11 is 0. The predicted molar refractivity (Wildman–Crippen MR) is 103 cm³/mol. The van der Waals surface area contributed by atoms with Gasteiger partial charge in [0.05, 0.1) is 10.9 Å². The maximum Gasteiger partial charge on any atom is 0.243 e. The third kappa shape index (κ3) is 3.45. The van der Waals surface area contributed by atoms with Crippen LogP contribution in [-0.4, -0.2) is 33.8 Å². The summed E-state index contributed by atoms with van der Waals surface area (Å²) in [6.07, 6.45) is 6.65. The van der Waals surface area contributed by atoms with Gasteiger partial charge in [0, 0.05) is 37.4 Å². The zero-order valence-corrected chi connectivity index (χ0v) is 16.3. The molecule has 4 rings (SSSR count). The van der Waals surface area contributed by atoms with E-state index in [9.17, 15) is 12.8 Å². The number of benzene rings is 1. The molecular formula is C20H21FN4O2S. The van der Waals surface area contributed by atoms with Crippen molar-refractivity contribution in [1.82, 2.24) is 18.8 Å². The van der Waals surface area contributed by atoms with Crippen molar-refractivity contribution < 1.29 is 12.8 Å². The number of hydrogen-bond donors (Lipinski definition) is 0. The van der Waals surface area contributed by atoms with E-state index in [1.54, 1.807) is 18.6 Å². The Morgan fingerprint density at radius 1 is 1.21 bits per heavy atom. The van der Waals surface area contributed by atoms with Gasteiger partial charge in [-0.2, -0.15) is 4.31 Å². The summed E-state index contributed by atoms with van der Waals surface area (Å²) in [7, 11) is -3.81. The van der Waals surface area contributed by atoms with E-state index >= 15 is 0 Å². The Kier molecular flexibility index (Phi) is 4.99. The van der Waals surface area contributed by atoms with E-state index in [-0.39, 0.29) is 10.9 Å². The average Bonchev–Trinajstić information content (AvgIpc) is 3.30. The molecule has 6 nitrogen and oxygen atoms in total. The molecule has 0 saturated carbocycles. The summed E-state index contributed by atoms with van der Waals surface area (Å²) in [6.45, 7) is 2.94. The van der Waals surface area contributed by atoms with Crippen LogP contribution < -0.4 is 0 Å². The fraction of sp³-hybridized carbons (Fsp3) is 0.300. The predicted octanol–water partition coefficient (Wildman–Crippen LogP) is 3.30. The third-order valence-corrected chi connectivity index (χ3v) is 6.98. The second kappa shape index (κ2) is 7.44. The quantitative estimate of drug-likeness (QED) is 0.659. The SMILES string of the molecule is Cc1cnc(C2CCCN2S(=O)(=O)c2cccc(F)c2)n1Cc1ccncc1. The van der Waals surface area contributed by atoms with Crippen LogP contribution in [0.15, 0.2) is 59.9 Å². The Morgan fingerprint density at radius 3 is 2.75 bits per heavy atom. The van der Waals surface area contributed by atoms with Crippen LogP contribution in [0.4, 0.5) is 4.39 Å². The number of halogens is 1. The molecule has 1 aliphatic rings. The molecule has 1 unspecified atom stereocenters. The number of hydrogen-bond acceptors (Lipinski definition) is 4. The van der Waals surface area contributed by atoms with Crippen LogP contribution in [0, 0.1) is 12.7 Å². The van der Waals surface area contributed by atoms with Gasteiger partial charge in [-0.15, -0.1) is 0 Å². The Hall–Kier alpha value is -2.58. The highest BCUT2D eigenvalue weighted by molar-refractivity contribution is 7.89. The van der Waals surface area contributed by atoms with Crippen molar-refractivity contribution >= 4 is 10.0 Å². The van der Waals surface area contributed by atoms with Gasteiger partial charge < -0.3 is 4.57 Å². The van der Waals surface area contributed by atoms with E-state index in [1.807, 2.05) is 23.6 Å². The average molecular weight is 400 g/mol. The topological polar surface area (TPSA) is 68.1 Å². The third-order valence-electron chi connectivity index (χ3n) is 5.08. The molecule has 0 bridgehead atoms. The second-order valence-electron chi connectivity index (χ2n) is 6.93. The molecule has 0 amide bonds. The van der Waals surface area contributed by atoms with Gasteiger partial charge in [-0.05, 0) is 55.7 Å². The fourth-order valence-corrected chi connectivity index (χ4v) is 5.36. The maximum absolute atomic E-state index is 13.6. The summed E-state index contributed by atoms with van der Waals surface area (Å²) in [6, 6.07) is 8.65. The number of aromatic nitrogens is 3. The molecule has 1 atom stereocenters. The fourth-order valence-electron chi connectivity index (χ4n) is 3.67. The summed E-state index contributed by atoms with van der Waals surface area (Å²) in [5.41, 5.74) is 2.02. The number of aryl methyl sites for hydroxylation is 1. The molecule has 28 heavy (non-hydrogen) atoms. The van der Waals surface area contributed by atoms with Crippen molar-refractivity contribution in [2.24, 2.45) is 0 Å². The minimum absolute atomic E-state index is 0.0247. The van der Waals surface area contributed by atoms with Gasteiger partial charge in [0.2, 0.25) is 10.0 Å². The van der Waals surface area contributed by atoms with Crippen molar-refractivity contribution in [3.05, 3.63) is 77.9 Å². The van der Waals surface area contributed by atoms with Crippen molar-refractivity contribution in [3.63, 3.8) is 0 Å². The monoisotopic (exact) mass is 400 g/mol. The van der Waals surface area contributed by atoms with E-state index in [4.69, 9.17) is 0 Å². The largest absolute Gasteiger partial charge is 0.327 e. The molecule has 8 heteroatoms. The van der Waals surface area contributed by atoms with Gasteiger partial charge in [-0.25, -0.2) is 17.8 Å². The summed E-state index contributed by atoms with van der Waals surface area (Å²) in [5, 5.41) is 0. The molecule has 1 aromatic carbocycles. The molecule has 146 valence electrons. The van der Waals surface area contributed by atoms with Crippen molar-refractivity contribution in [3.8, 4) is 0 Å². The minimum atomic E-state index is -3.81. The molecule has 0 spiro atoms. The van der Waals surface area contributed by atoms with Crippen LogP contribution in [0.5, 0.6) is 0 Å². The van der Waals surface area contributed by atoms with Crippen LogP contribution >= 0.6 is 0 Å². The van der Waals surface area contributed by atoms with Crippen LogP contribution in [0.1, 0.15) is 36.0 Å². The lowest BCUT2D eigenvalue weighted by molar-refractivity contribution is 0.374. The Morgan fingerprint density at radius 2 is 2.00 bits per heavy atom. The second-order valence-corrected chi connectivity index (χ2v) is 8.82. The lowest BCUT2D eigenvalue weighted by Gasteiger charge is -2.25. The molecule has 3 heterocycles. The van der Waals surface area contributed by atoms with Gasteiger partial charge in [0.1, 0.15) is 11.6 Å². The summed E-state index contributed by atoms with van der Waals surface area (Å²) in [4.78, 5) is 8.55. The number of nitrogens with zero attached hydrogens (tertiary/aromatic N) is 4. The molecule has 1 fully saturated rings. The standard InChI is InChI=1S/C20H21FN4O2S/c1-15-13-23-20(24(15)14-16-7-9-22-10-8-16)19-6-3-11-25(19)28(26,27)18-5-2-4-17(21)12-18/h2,4-5,7-10,12-13,19H,3,6,11,14H2,1H3. The smallest absolute Gasteiger partial charge is 0.243 e. The lowest BCUT2D eigenvalue weighted by Crippen LogP contribution is -2.32. The molecular weight excluding hydrogens is 379 g/mol. The molecule has 0 radical (unpaired) electrons. The molecule has 2 aromatic heterocycles. The summed E-state index contributed by atoms with van der Waals surface area (Å²) in [5.74, 6) is 0.152. The van der Waals surface area contributed by atoms with Gasteiger partial charge in [-0.3, -0.25) is 4.98 Å². The Bertz CT molecular complexity index is 1080. The molecule has 1 aliphatic heterocycles. The van der Waals surface area contributed by atoms with Gasteiger partial charge in [0.15, 0.2) is 0 Å². The normalized spacial score (nSPS) is 17.9. The zero-order valence-electron chi connectivity index (χ0n) is 15.5. The van der Waals surface area contributed by atoms with Crippen molar-refractivity contribution in [2.75, 3.05) is 6.54 Å². The molecule has 0 N–H and O–H groups in total.